The van der Waals surface area contributed by atoms with Crippen LogP contribution in [0, 0.1) is 0 Å². The lowest BCUT2D eigenvalue weighted by Gasteiger charge is -2.07. The normalized spacial score (nSPS) is 10.6. The summed E-state index contributed by atoms with van der Waals surface area (Å²) in [6, 6.07) is 7.92. The standard InChI is InChI=1S/C14H21BrClNO/c15-13-6-5-7-14(12-13)18-11-10-17-9-4-2-1-3-8-16/h5-7,12,17H,1-4,8-11H2. The Morgan fingerprint density at radius 1 is 1.11 bits per heavy atom. The Kier molecular flexibility index (Phi) is 9.35. The van der Waals surface area contributed by atoms with E-state index in [4.69, 9.17) is 16.3 Å². The van der Waals surface area contributed by atoms with Gasteiger partial charge in [0.15, 0.2) is 0 Å². The molecule has 1 aromatic carbocycles. The summed E-state index contributed by atoms with van der Waals surface area (Å²) in [5, 5.41) is 3.38. The van der Waals surface area contributed by atoms with Crippen LogP contribution in [-0.2, 0) is 0 Å². The van der Waals surface area contributed by atoms with Gasteiger partial charge in [-0.2, -0.15) is 0 Å². The van der Waals surface area contributed by atoms with Gasteiger partial charge >= 0.3 is 0 Å². The fourth-order valence-electron chi connectivity index (χ4n) is 1.62. The zero-order valence-corrected chi connectivity index (χ0v) is 13.0. The highest BCUT2D eigenvalue weighted by Crippen LogP contribution is 2.17. The lowest BCUT2D eigenvalue weighted by Crippen LogP contribution is -2.22. The van der Waals surface area contributed by atoms with Crippen molar-refractivity contribution < 1.29 is 4.74 Å². The van der Waals surface area contributed by atoms with E-state index in [-0.39, 0.29) is 0 Å². The quantitative estimate of drug-likeness (QED) is 0.511. The third-order valence-electron chi connectivity index (χ3n) is 2.58. The second kappa shape index (κ2) is 10.7. The number of alkyl halides is 1. The highest BCUT2D eigenvalue weighted by molar-refractivity contribution is 9.10. The molecule has 4 heteroatoms. The molecule has 1 rings (SSSR count). The first-order valence-corrected chi connectivity index (χ1v) is 7.81. The van der Waals surface area contributed by atoms with Crippen LogP contribution in [0.4, 0.5) is 0 Å². The topological polar surface area (TPSA) is 21.3 Å². The van der Waals surface area contributed by atoms with E-state index in [9.17, 15) is 0 Å². The number of ether oxygens (including phenoxy) is 1. The van der Waals surface area contributed by atoms with E-state index < -0.39 is 0 Å². The monoisotopic (exact) mass is 333 g/mol. The zero-order chi connectivity index (χ0) is 13.1. The van der Waals surface area contributed by atoms with Crippen LogP contribution in [0.15, 0.2) is 28.7 Å². The molecular formula is C14H21BrClNO. The molecule has 0 atom stereocenters. The highest BCUT2D eigenvalue weighted by Gasteiger charge is 1.94. The van der Waals surface area contributed by atoms with Crippen molar-refractivity contribution in [3.05, 3.63) is 28.7 Å². The Morgan fingerprint density at radius 2 is 1.94 bits per heavy atom. The molecule has 0 unspecified atom stereocenters. The number of halogens is 2. The molecule has 0 aliphatic carbocycles. The maximum absolute atomic E-state index is 5.62. The van der Waals surface area contributed by atoms with E-state index in [0.717, 1.165) is 35.6 Å². The van der Waals surface area contributed by atoms with Crippen molar-refractivity contribution in [3.63, 3.8) is 0 Å². The second-order valence-electron chi connectivity index (χ2n) is 4.16. The minimum atomic E-state index is 0.706. The van der Waals surface area contributed by atoms with E-state index >= 15 is 0 Å². The van der Waals surface area contributed by atoms with E-state index in [0.29, 0.717) is 6.61 Å². The molecule has 0 aliphatic heterocycles. The van der Waals surface area contributed by atoms with Gasteiger partial charge in [0.2, 0.25) is 0 Å². The second-order valence-corrected chi connectivity index (χ2v) is 5.45. The third-order valence-corrected chi connectivity index (χ3v) is 3.34. The van der Waals surface area contributed by atoms with Gasteiger partial charge in [-0.3, -0.25) is 0 Å². The van der Waals surface area contributed by atoms with Crippen molar-refractivity contribution in [2.45, 2.75) is 25.7 Å². The fourth-order valence-corrected chi connectivity index (χ4v) is 2.19. The molecule has 0 saturated carbocycles. The summed E-state index contributed by atoms with van der Waals surface area (Å²) in [4.78, 5) is 0. The van der Waals surface area contributed by atoms with Crippen molar-refractivity contribution in [1.82, 2.24) is 5.32 Å². The summed E-state index contributed by atoms with van der Waals surface area (Å²) < 4.78 is 6.67. The number of rotatable bonds is 10. The van der Waals surface area contributed by atoms with Gasteiger partial charge in [0, 0.05) is 16.9 Å². The summed E-state index contributed by atoms with van der Waals surface area (Å²) in [5.41, 5.74) is 0. The van der Waals surface area contributed by atoms with Gasteiger partial charge in [-0.25, -0.2) is 0 Å². The van der Waals surface area contributed by atoms with Crippen LogP contribution in [0.5, 0.6) is 5.75 Å². The van der Waals surface area contributed by atoms with Gasteiger partial charge in [0.25, 0.3) is 0 Å². The summed E-state index contributed by atoms with van der Waals surface area (Å²) in [6.45, 7) is 2.66. The van der Waals surface area contributed by atoms with Gasteiger partial charge in [-0.15, -0.1) is 11.6 Å². The number of benzene rings is 1. The molecule has 1 aromatic rings. The van der Waals surface area contributed by atoms with Gasteiger partial charge < -0.3 is 10.1 Å². The van der Waals surface area contributed by atoms with Crippen LogP contribution < -0.4 is 10.1 Å². The van der Waals surface area contributed by atoms with E-state index in [1.807, 2.05) is 24.3 Å². The fraction of sp³-hybridized carbons (Fsp3) is 0.571. The molecule has 0 aliphatic rings. The maximum atomic E-state index is 5.62. The lowest BCUT2D eigenvalue weighted by molar-refractivity contribution is 0.313. The zero-order valence-electron chi connectivity index (χ0n) is 10.6. The Hall–Kier alpha value is -0.250. The Labute approximate surface area is 123 Å². The first kappa shape index (κ1) is 15.8. The summed E-state index contributed by atoms with van der Waals surface area (Å²) in [6.07, 6.45) is 4.84. The number of unbranched alkanes of at least 4 members (excludes halogenated alkanes) is 3. The number of hydrogen-bond donors (Lipinski definition) is 1. The number of nitrogens with one attached hydrogen (secondary N) is 1. The van der Waals surface area contributed by atoms with Crippen LogP contribution >= 0.6 is 27.5 Å². The summed E-state index contributed by atoms with van der Waals surface area (Å²) in [5.74, 6) is 1.70. The highest BCUT2D eigenvalue weighted by atomic mass is 79.9. The molecule has 0 radical (unpaired) electrons. The molecule has 18 heavy (non-hydrogen) atoms. The van der Waals surface area contributed by atoms with Gasteiger partial charge in [0.1, 0.15) is 12.4 Å². The molecule has 1 N–H and O–H groups in total. The van der Waals surface area contributed by atoms with Gasteiger partial charge in [-0.05, 0) is 37.6 Å². The van der Waals surface area contributed by atoms with Crippen molar-refractivity contribution >= 4 is 27.5 Å². The minimum absolute atomic E-state index is 0.706. The van der Waals surface area contributed by atoms with Crippen LogP contribution in [0.1, 0.15) is 25.7 Å². The Bertz CT molecular complexity index is 322. The van der Waals surface area contributed by atoms with Crippen LogP contribution in [0.2, 0.25) is 0 Å². The van der Waals surface area contributed by atoms with E-state index in [1.54, 1.807) is 0 Å². The predicted molar refractivity (Wildman–Crippen MR) is 81.7 cm³/mol. The molecule has 0 saturated heterocycles. The molecule has 0 heterocycles. The largest absolute Gasteiger partial charge is 0.492 e. The molecule has 2 nitrogen and oxygen atoms in total. The van der Waals surface area contributed by atoms with Crippen molar-refractivity contribution in [1.29, 1.82) is 0 Å². The van der Waals surface area contributed by atoms with Crippen LogP contribution in [-0.4, -0.2) is 25.6 Å². The maximum Gasteiger partial charge on any atom is 0.120 e. The molecule has 0 spiro atoms. The van der Waals surface area contributed by atoms with Crippen LogP contribution in [0.3, 0.4) is 0 Å². The first-order valence-electron chi connectivity index (χ1n) is 6.48. The average Bonchev–Trinajstić information content (AvgIpc) is 2.37. The number of hydrogen-bond acceptors (Lipinski definition) is 2. The molecule has 102 valence electrons. The summed E-state index contributed by atoms with van der Waals surface area (Å²) in [7, 11) is 0. The van der Waals surface area contributed by atoms with Crippen molar-refractivity contribution in [3.8, 4) is 5.75 Å². The van der Waals surface area contributed by atoms with Gasteiger partial charge in [-0.1, -0.05) is 34.8 Å². The molecule has 0 bridgehead atoms. The molecule has 0 aromatic heterocycles. The van der Waals surface area contributed by atoms with E-state index in [1.165, 1.54) is 19.3 Å². The Balaban J connectivity index is 1.92. The lowest BCUT2D eigenvalue weighted by atomic mass is 10.2. The van der Waals surface area contributed by atoms with Crippen molar-refractivity contribution in [2.24, 2.45) is 0 Å². The van der Waals surface area contributed by atoms with Crippen molar-refractivity contribution in [2.75, 3.05) is 25.6 Å². The third kappa shape index (κ3) is 7.96. The SMILES string of the molecule is ClCCCCCCNCCOc1cccc(Br)c1. The summed E-state index contributed by atoms with van der Waals surface area (Å²) >= 11 is 9.04. The molecular weight excluding hydrogens is 314 g/mol. The molecule has 0 fully saturated rings. The average molecular weight is 335 g/mol. The van der Waals surface area contributed by atoms with E-state index in [2.05, 4.69) is 21.2 Å². The predicted octanol–water partition coefficient (Wildman–Crippen LogP) is 4.22. The first-order chi connectivity index (χ1) is 8.83. The van der Waals surface area contributed by atoms with Gasteiger partial charge in [0.05, 0.1) is 0 Å². The molecule has 0 amide bonds. The van der Waals surface area contributed by atoms with Crippen LogP contribution in [0.25, 0.3) is 0 Å². The Morgan fingerprint density at radius 3 is 2.72 bits per heavy atom. The smallest absolute Gasteiger partial charge is 0.120 e. The minimum Gasteiger partial charge on any atom is -0.492 e.